The minimum Gasteiger partial charge on any atom is -0.480 e. The van der Waals surface area contributed by atoms with Gasteiger partial charge in [0.25, 0.3) is 0 Å². The lowest BCUT2D eigenvalue weighted by Crippen LogP contribution is -2.41. The summed E-state index contributed by atoms with van der Waals surface area (Å²) < 4.78 is 5.33. The molecule has 0 bridgehead atoms. The van der Waals surface area contributed by atoms with Crippen LogP contribution >= 0.6 is 0 Å². The van der Waals surface area contributed by atoms with E-state index in [0.717, 1.165) is 12.8 Å². The van der Waals surface area contributed by atoms with Crippen molar-refractivity contribution in [3.63, 3.8) is 0 Å². The van der Waals surface area contributed by atoms with Gasteiger partial charge < -0.3 is 25.4 Å². The van der Waals surface area contributed by atoms with Crippen molar-refractivity contribution in [1.82, 2.24) is 9.80 Å². The molecule has 1 aliphatic rings. The topological polar surface area (TPSA) is 113 Å². The number of carbonyl (C=O) groups is 3. The predicted octanol–water partition coefficient (Wildman–Crippen LogP) is 0.896. The Bertz CT molecular complexity index is 431. The summed E-state index contributed by atoms with van der Waals surface area (Å²) in [5, 5.41) is 8.72. The minimum atomic E-state index is -1.09. The summed E-state index contributed by atoms with van der Waals surface area (Å²) in [5.41, 5.74) is 5.41. The Morgan fingerprint density at radius 3 is 2.33 bits per heavy atom. The Labute approximate surface area is 142 Å². The van der Waals surface area contributed by atoms with Crippen LogP contribution < -0.4 is 5.73 Å². The van der Waals surface area contributed by atoms with E-state index in [1.807, 2.05) is 13.8 Å². The highest BCUT2D eigenvalue weighted by Crippen LogP contribution is 2.19. The molecule has 3 N–H and O–H groups in total. The van der Waals surface area contributed by atoms with Crippen molar-refractivity contribution >= 4 is 18.0 Å². The predicted molar refractivity (Wildman–Crippen MR) is 88.4 cm³/mol. The molecule has 138 valence electrons. The number of carboxylic acid groups (broad SMARTS) is 1. The molecule has 8 heteroatoms. The van der Waals surface area contributed by atoms with Crippen LogP contribution in [0.15, 0.2) is 0 Å². The number of rotatable bonds is 8. The molecule has 0 aromatic rings. The molecule has 24 heavy (non-hydrogen) atoms. The van der Waals surface area contributed by atoms with E-state index < -0.39 is 12.0 Å². The molecule has 1 heterocycles. The molecule has 2 amide bonds. The van der Waals surface area contributed by atoms with Crippen LogP contribution in [0, 0.1) is 5.92 Å². The number of carboxylic acids is 1. The maximum Gasteiger partial charge on any atom is 0.409 e. The lowest BCUT2D eigenvalue weighted by Gasteiger charge is -2.32. The first kappa shape index (κ1) is 20.2. The van der Waals surface area contributed by atoms with Crippen molar-refractivity contribution in [2.24, 2.45) is 11.7 Å². The van der Waals surface area contributed by atoms with Gasteiger partial charge in [-0.05, 0) is 39.0 Å². The first-order valence-corrected chi connectivity index (χ1v) is 8.56. The summed E-state index contributed by atoms with van der Waals surface area (Å²) in [5.74, 6) is -0.892. The van der Waals surface area contributed by atoms with Gasteiger partial charge in [0.15, 0.2) is 0 Å². The van der Waals surface area contributed by atoms with Crippen LogP contribution in [-0.4, -0.2) is 71.7 Å². The monoisotopic (exact) mass is 343 g/mol. The fourth-order valence-electron chi connectivity index (χ4n) is 2.67. The van der Waals surface area contributed by atoms with Crippen LogP contribution in [0.5, 0.6) is 0 Å². The number of hydrogen-bond acceptors (Lipinski definition) is 5. The van der Waals surface area contributed by atoms with E-state index in [2.05, 4.69) is 0 Å². The second-order valence-electron chi connectivity index (χ2n) is 6.06. The van der Waals surface area contributed by atoms with Crippen molar-refractivity contribution in [2.75, 3.05) is 32.8 Å². The van der Waals surface area contributed by atoms with Gasteiger partial charge in [-0.1, -0.05) is 0 Å². The average Bonchev–Trinajstić information content (AvgIpc) is 2.58. The lowest BCUT2D eigenvalue weighted by atomic mass is 9.97. The van der Waals surface area contributed by atoms with E-state index in [1.165, 1.54) is 0 Å². The van der Waals surface area contributed by atoms with Crippen molar-refractivity contribution in [2.45, 2.75) is 45.6 Å². The number of carbonyl (C=O) groups excluding carboxylic acids is 2. The van der Waals surface area contributed by atoms with Crippen LogP contribution in [0.4, 0.5) is 4.79 Å². The van der Waals surface area contributed by atoms with Crippen molar-refractivity contribution in [1.29, 1.82) is 0 Å². The number of amides is 2. The minimum absolute atomic E-state index is 0.0646. The zero-order valence-electron chi connectivity index (χ0n) is 14.6. The molecule has 0 saturated carbocycles. The molecule has 1 fully saturated rings. The van der Waals surface area contributed by atoms with E-state index >= 15 is 0 Å². The molecule has 1 saturated heterocycles. The van der Waals surface area contributed by atoms with Crippen LogP contribution in [0.3, 0.4) is 0 Å². The molecule has 0 aromatic heterocycles. The van der Waals surface area contributed by atoms with Crippen molar-refractivity contribution in [3.8, 4) is 0 Å². The number of nitrogens with two attached hydrogens (primary N) is 1. The molecule has 8 nitrogen and oxygen atoms in total. The first-order chi connectivity index (χ1) is 11.4. The van der Waals surface area contributed by atoms with Gasteiger partial charge in [-0.25, -0.2) is 4.79 Å². The van der Waals surface area contributed by atoms with E-state index in [9.17, 15) is 14.4 Å². The Morgan fingerprint density at radius 1 is 1.25 bits per heavy atom. The van der Waals surface area contributed by atoms with Crippen LogP contribution in [0.2, 0.25) is 0 Å². The molecule has 1 rings (SSSR count). The first-order valence-electron chi connectivity index (χ1n) is 8.56. The number of aliphatic carboxylic acids is 1. The Kier molecular flexibility index (Phi) is 8.53. The summed E-state index contributed by atoms with van der Waals surface area (Å²) in [7, 11) is 0. The van der Waals surface area contributed by atoms with E-state index in [1.54, 1.807) is 9.80 Å². The van der Waals surface area contributed by atoms with Crippen molar-refractivity contribution in [3.05, 3.63) is 0 Å². The summed E-state index contributed by atoms with van der Waals surface area (Å²) in [6.45, 7) is 6.66. The number of nitrogens with zero attached hydrogens (tertiary/aromatic N) is 2. The Morgan fingerprint density at radius 2 is 1.83 bits per heavy atom. The number of piperidine rings is 1. The molecule has 1 unspecified atom stereocenters. The Balaban J connectivity index is 2.27. The van der Waals surface area contributed by atoms with Crippen LogP contribution in [-0.2, 0) is 14.3 Å². The SMILES string of the molecule is CCN(CC)C(=O)OCC1CCN(C(=O)CCC(N)C(=O)O)CC1. The third-order valence-electron chi connectivity index (χ3n) is 4.42. The van der Waals surface area contributed by atoms with Gasteiger partial charge in [0, 0.05) is 32.6 Å². The molecule has 1 aliphatic heterocycles. The summed E-state index contributed by atoms with van der Waals surface area (Å²) in [6, 6.07) is -0.994. The molecule has 0 aliphatic carbocycles. The van der Waals surface area contributed by atoms with Crippen molar-refractivity contribution < 1.29 is 24.2 Å². The smallest absolute Gasteiger partial charge is 0.409 e. The third-order valence-corrected chi connectivity index (χ3v) is 4.42. The normalized spacial score (nSPS) is 16.5. The highest BCUT2D eigenvalue weighted by atomic mass is 16.6. The highest BCUT2D eigenvalue weighted by Gasteiger charge is 2.25. The third kappa shape index (κ3) is 6.35. The number of likely N-dealkylation sites (tertiary alicyclic amines) is 1. The highest BCUT2D eigenvalue weighted by molar-refractivity contribution is 5.78. The zero-order chi connectivity index (χ0) is 18.1. The quantitative estimate of drug-likeness (QED) is 0.677. The van der Waals surface area contributed by atoms with Gasteiger partial charge in [-0.15, -0.1) is 0 Å². The number of ether oxygens (including phenoxy) is 1. The van der Waals surface area contributed by atoms with Gasteiger partial charge in [0.2, 0.25) is 5.91 Å². The number of hydrogen-bond donors (Lipinski definition) is 2. The molecular formula is C16H29N3O5. The van der Waals surface area contributed by atoms with E-state index in [4.69, 9.17) is 15.6 Å². The second-order valence-corrected chi connectivity index (χ2v) is 6.06. The van der Waals surface area contributed by atoms with Gasteiger partial charge in [-0.2, -0.15) is 0 Å². The standard InChI is InChI=1S/C16H29N3O5/c1-3-18(4-2)16(23)24-11-12-7-9-19(10-8-12)14(20)6-5-13(17)15(21)22/h12-13H,3-11,17H2,1-2H3,(H,21,22). The van der Waals surface area contributed by atoms with Crippen LogP contribution in [0.25, 0.3) is 0 Å². The molecule has 0 aromatic carbocycles. The van der Waals surface area contributed by atoms with Gasteiger partial charge in [-0.3, -0.25) is 9.59 Å². The fourth-order valence-corrected chi connectivity index (χ4v) is 2.67. The summed E-state index contributed by atoms with van der Waals surface area (Å²) >= 11 is 0. The van der Waals surface area contributed by atoms with Gasteiger partial charge in [0.1, 0.15) is 6.04 Å². The average molecular weight is 343 g/mol. The van der Waals surface area contributed by atoms with E-state index in [0.29, 0.717) is 32.8 Å². The van der Waals surface area contributed by atoms with E-state index in [-0.39, 0.29) is 30.8 Å². The molecule has 0 radical (unpaired) electrons. The maximum atomic E-state index is 12.1. The van der Waals surface area contributed by atoms with Gasteiger partial charge in [0.05, 0.1) is 6.61 Å². The second kappa shape index (κ2) is 10.1. The maximum absolute atomic E-state index is 12.1. The van der Waals surface area contributed by atoms with Gasteiger partial charge >= 0.3 is 12.1 Å². The fraction of sp³-hybridized carbons (Fsp3) is 0.812. The molecule has 1 atom stereocenters. The zero-order valence-corrected chi connectivity index (χ0v) is 14.6. The summed E-state index contributed by atoms with van der Waals surface area (Å²) in [4.78, 5) is 37.9. The largest absolute Gasteiger partial charge is 0.480 e. The Hall–Kier alpha value is -1.83. The molecule has 0 spiro atoms. The molecular weight excluding hydrogens is 314 g/mol. The summed E-state index contributed by atoms with van der Waals surface area (Å²) in [6.07, 6.45) is 1.57. The lowest BCUT2D eigenvalue weighted by molar-refractivity contribution is -0.139. The van der Waals surface area contributed by atoms with Crippen LogP contribution in [0.1, 0.15) is 39.5 Å².